The monoisotopic (exact) mass is 258 g/mol. The van der Waals surface area contributed by atoms with Gasteiger partial charge in [0.25, 0.3) is 0 Å². The van der Waals surface area contributed by atoms with Crippen molar-refractivity contribution in [2.45, 2.75) is 17.8 Å². The van der Waals surface area contributed by atoms with Crippen molar-refractivity contribution in [1.29, 1.82) is 0 Å². The van der Waals surface area contributed by atoms with E-state index in [1.807, 2.05) is 7.05 Å². The zero-order valence-electron chi connectivity index (χ0n) is 9.70. The summed E-state index contributed by atoms with van der Waals surface area (Å²) in [6, 6.07) is 0.0992. The maximum atomic E-state index is 13.2. The minimum absolute atomic E-state index is 0.0992. The molecule has 3 nitrogen and oxygen atoms in total. The number of allylic oxidation sites excluding steroid dienone is 3. The first kappa shape index (κ1) is 12.6. The number of carbonyl (C=O) groups excluding carboxylic acids is 1. The van der Waals surface area contributed by atoms with Crippen molar-refractivity contribution in [2.75, 3.05) is 20.1 Å². The summed E-state index contributed by atoms with van der Waals surface area (Å²) >= 11 is 5.91. The van der Waals surface area contributed by atoms with Crippen LogP contribution in [-0.2, 0) is 4.79 Å². The van der Waals surface area contributed by atoms with Crippen LogP contribution in [0.2, 0.25) is 0 Å². The van der Waals surface area contributed by atoms with Crippen LogP contribution in [0, 0.1) is 5.92 Å². The molecule has 3 atom stereocenters. The number of hydrogen-bond acceptors (Lipinski definition) is 2. The van der Waals surface area contributed by atoms with Gasteiger partial charge in [-0.2, -0.15) is 0 Å². The lowest BCUT2D eigenvalue weighted by atomic mass is 9.88. The minimum Gasteiger partial charge on any atom is -0.354 e. The van der Waals surface area contributed by atoms with Gasteiger partial charge in [0.2, 0.25) is 6.41 Å². The van der Waals surface area contributed by atoms with Crippen molar-refractivity contribution in [3.63, 3.8) is 0 Å². The highest BCUT2D eigenvalue weighted by Gasteiger charge is 2.34. The molecular weight excluding hydrogens is 243 g/mol. The van der Waals surface area contributed by atoms with Gasteiger partial charge in [0.05, 0.1) is 5.38 Å². The molecule has 0 aromatic carbocycles. The average Bonchev–Trinajstić information content (AvgIpc) is 2.64. The highest BCUT2D eigenvalue weighted by atomic mass is 35.5. The van der Waals surface area contributed by atoms with Crippen molar-refractivity contribution >= 4 is 18.0 Å². The summed E-state index contributed by atoms with van der Waals surface area (Å²) in [4.78, 5) is 12.7. The second-order valence-electron chi connectivity index (χ2n) is 4.68. The standard InChI is InChI=1S/C12H16ClFN2O/c1-16-5-9(12(6-16)15-7-17)8-2-3-11(14)10(13)4-8/h2-3,7,9-10,12H,4-6H2,1H3,(H,15,17). The van der Waals surface area contributed by atoms with Gasteiger partial charge in [-0.15, -0.1) is 11.6 Å². The molecule has 1 fully saturated rings. The van der Waals surface area contributed by atoms with Gasteiger partial charge in [-0.1, -0.05) is 11.6 Å². The predicted octanol–water partition coefficient (Wildman–Crippen LogP) is 1.45. The maximum Gasteiger partial charge on any atom is 0.207 e. The van der Waals surface area contributed by atoms with E-state index in [4.69, 9.17) is 11.6 Å². The number of carbonyl (C=O) groups is 1. The molecule has 0 radical (unpaired) electrons. The van der Waals surface area contributed by atoms with E-state index in [-0.39, 0.29) is 17.8 Å². The highest BCUT2D eigenvalue weighted by Crippen LogP contribution is 2.33. The number of alkyl halides is 1. The lowest BCUT2D eigenvalue weighted by Crippen LogP contribution is -2.36. The zero-order valence-corrected chi connectivity index (χ0v) is 10.5. The first-order chi connectivity index (χ1) is 8.11. The molecule has 1 heterocycles. The van der Waals surface area contributed by atoms with Crippen LogP contribution in [0.25, 0.3) is 0 Å². The lowest BCUT2D eigenvalue weighted by molar-refractivity contribution is -0.110. The molecular formula is C12H16ClFN2O. The Bertz CT molecular complexity index is 370. The third kappa shape index (κ3) is 2.69. The number of nitrogens with one attached hydrogen (secondary N) is 1. The Kier molecular flexibility index (Phi) is 3.84. The van der Waals surface area contributed by atoms with Crippen molar-refractivity contribution in [1.82, 2.24) is 10.2 Å². The van der Waals surface area contributed by atoms with E-state index in [1.165, 1.54) is 6.08 Å². The van der Waals surface area contributed by atoms with Gasteiger partial charge in [-0.25, -0.2) is 4.39 Å². The van der Waals surface area contributed by atoms with Crippen molar-refractivity contribution in [2.24, 2.45) is 5.92 Å². The zero-order chi connectivity index (χ0) is 12.4. The highest BCUT2D eigenvalue weighted by molar-refractivity contribution is 6.22. The number of hydrogen-bond donors (Lipinski definition) is 1. The second kappa shape index (κ2) is 5.19. The van der Waals surface area contributed by atoms with Crippen LogP contribution in [0.4, 0.5) is 4.39 Å². The first-order valence-corrected chi connectivity index (χ1v) is 6.14. The minimum atomic E-state index is -0.558. The number of halogens is 2. The Morgan fingerprint density at radius 1 is 1.53 bits per heavy atom. The average molecular weight is 259 g/mol. The number of likely N-dealkylation sites (N-methyl/N-ethyl adjacent to an activating group) is 1. The van der Waals surface area contributed by atoms with Gasteiger partial charge < -0.3 is 10.2 Å². The SMILES string of the molecule is CN1CC(NC=O)C(C2=CC=C(F)C(Cl)C2)C1. The summed E-state index contributed by atoms with van der Waals surface area (Å²) in [6.07, 6.45) is 4.50. The smallest absolute Gasteiger partial charge is 0.207 e. The summed E-state index contributed by atoms with van der Waals surface area (Å²) in [5, 5.41) is 2.27. The molecule has 3 unspecified atom stereocenters. The predicted molar refractivity (Wildman–Crippen MR) is 65.5 cm³/mol. The van der Waals surface area contributed by atoms with E-state index in [2.05, 4.69) is 10.2 Å². The quantitative estimate of drug-likeness (QED) is 0.614. The summed E-state index contributed by atoms with van der Waals surface area (Å²) < 4.78 is 13.2. The summed E-state index contributed by atoms with van der Waals surface area (Å²) in [6.45, 7) is 1.69. The maximum absolute atomic E-state index is 13.2. The molecule has 1 aliphatic carbocycles. The van der Waals surface area contributed by atoms with Crippen LogP contribution in [0.5, 0.6) is 0 Å². The summed E-state index contributed by atoms with van der Waals surface area (Å²) in [7, 11) is 2.01. The lowest BCUT2D eigenvalue weighted by Gasteiger charge is -2.24. The Hall–Kier alpha value is -0.870. The van der Waals surface area contributed by atoms with Crippen molar-refractivity contribution in [3.05, 3.63) is 23.6 Å². The molecule has 1 amide bonds. The van der Waals surface area contributed by atoms with Gasteiger partial charge in [0.15, 0.2) is 0 Å². The molecule has 1 saturated heterocycles. The number of likely N-dealkylation sites (tertiary alicyclic amines) is 1. The van der Waals surface area contributed by atoms with E-state index in [1.54, 1.807) is 6.08 Å². The van der Waals surface area contributed by atoms with Crippen LogP contribution in [0.1, 0.15) is 6.42 Å². The van der Waals surface area contributed by atoms with Gasteiger partial charge in [0, 0.05) is 25.0 Å². The third-order valence-corrected chi connectivity index (χ3v) is 3.79. The second-order valence-corrected chi connectivity index (χ2v) is 5.21. The van der Waals surface area contributed by atoms with E-state index in [9.17, 15) is 9.18 Å². The fourth-order valence-electron chi connectivity index (χ4n) is 2.57. The van der Waals surface area contributed by atoms with Gasteiger partial charge in [-0.05, 0) is 19.5 Å². The van der Waals surface area contributed by atoms with Gasteiger partial charge >= 0.3 is 0 Å². The Morgan fingerprint density at radius 3 is 2.94 bits per heavy atom. The summed E-state index contributed by atoms with van der Waals surface area (Å²) in [5.41, 5.74) is 1.12. The number of rotatable bonds is 3. The van der Waals surface area contributed by atoms with Crippen molar-refractivity contribution in [3.8, 4) is 0 Å². The van der Waals surface area contributed by atoms with E-state index in [0.29, 0.717) is 6.42 Å². The van der Waals surface area contributed by atoms with E-state index in [0.717, 1.165) is 25.1 Å². The molecule has 1 aliphatic heterocycles. The molecule has 17 heavy (non-hydrogen) atoms. The molecule has 2 aliphatic rings. The fraction of sp³-hybridized carbons (Fsp3) is 0.583. The molecule has 94 valence electrons. The molecule has 2 rings (SSSR count). The summed E-state index contributed by atoms with van der Waals surface area (Å²) in [5.74, 6) is -0.0440. The Balaban J connectivity index is 2.13. The molecule has 0 aromatic rings. The molecule has 0 spiro atoms. The van der Waals surface area contributed by atoms with Crippen LogP contribution in [0.15, 0.2) is 23.6 Å². The largest absolute Gasteiger partial charge is 0.354 e. The molecule has 5 heteroatoms. The Labute approximate surface area is 105 Å². The van der Waals surface area contributed by atoms with Crippen LogP contribution in [-0.4, -0.2) is 42.9 Å². The van der Waals surface area contributed by atoms with Crippen LogP contribution >= 0.6 is 11.6 Å². The van der Waals surface area contributed by atoms with Gasteiger partial charge in [-0.3, -0.25) is 4.79 Å². The van der Waals surface area contributed by atoms with Crippen LogP contribution < -0.4 is 5.32 Å². The molecule has 1 N–H and O–H groups in total. The van der Waals surface area contributed by atoms with Crippen LogP contribution in [0.3, 0.4) is 0 Å². The number of amides is 1. The van der Waals surface area contributed by atoms with Crippen molar-refractivity contribution < 1.29 is 9.18 Å². The van der Waals surface area contributed by atoms with Gasteiger partial charge in [0.1, 0.15) is 5.83 Å². The molecule has 0 bridgehead atoms. The number of nitrogens with zero attached hydrogens (tertiary/aromatic N) is 1. The topological polar surface area (TPSA) is 32.3 Å². The Morgan fingerprint density at radius 2 is 2.29 bits per heavy atom. The normalized spacial score (nSPS) is 34.2. The first-order valence-electron chi connectivity index (χ1n) is 5.70. The molecule has 0 aromatic heterocycles. The third-order valence-electron chi connectivity index (χ3n) is 3.43. The molecule has 0 saturated carbocycles. The van der Waals surface area contributed by atoms with E-state index >= 15 is 0 Å². The fourth-order valence-corrected chi connectivity index (χ4v) is 2.82. The van der Waals surface area contributed by atoms with E-state index < -0.39 is 5.38 Å².